The normalized spacial score (nSPS) is 17.8. The lowest BCUT2D eigenvalue weighted by molar-refractivity contribution is -0.141. The Labute approximate surface area is 154 Å². The maximum atomic E-state index is 13.1. The summed E-state index contributed by atoms with van der Waals surface area (Å²) in [4.78, 5) is 26.2. The number of hydrogen-bond acceptors (Lipinski definition) is 4. The van der Waals surface area contributed by atoms with Gasteiger partial charge in [-0.25, -0.2) is 9.59 Å². The highest BCUT2D eigenvalue weighted by molar-refractivity contribution is 5.95. The number of carbonyl (C=O) groups is 2. The van der Waals surface area contributed by atoms with E-state index in [0.717, 1.165) is 12.1 Å². The van der Waals surface area contributed by atoms with E-state index in [9.17, 15) is 22.8 Å². The van der Waals surface area contributed by atoms with Crippen LogP contribution in [0.15, 0.2) is 35.5 Å². The van der Waals surface area contributed by atoms with E-state index in [1.165, 1.54) is 24.1 Å². The summed E-state index contributed by atoms with van der Waals surface area (Å²) in [5, 5.41) is 2.59. The molecule has 1 N–H and O–H groups in total. The summed E-state index contributed by atoms with van der Waals surface area (Å²) >= 11 is 0. The lowest BCUT2D eigenvalue weighted by atomic mass is 9.93. The highest BCUT2D eigenvalue weighted by Crippen LogP contribution is 2.35. The lowest BCUT2D eigenvalue weighted by Crippen LogP contribution is -2.48. The Morgan fingerprint density at radius 3 is 2.59 bits per heavy atom. The molecular weight excluding hydrogens is 365 g/mol. The van der Waals surface area contributed by atoms with Crippen molar-refractivity contribution in [3.05, 3.63) is 46.7 Å². The molecule has 0 radical (unpaired) electrons. The van der Waals surface area contributed by atoms with Gasteiger partial charge < -0.3 is 14.8 Å². The van der Waals surface area contributed by atoms with Crippen molar-refractivity contribution in [2.45, 2.75) is 26.1 Å². The lowest BCUT2D eigenvalue weighted by Gasteiger charge is -2.35. The van der Waals surface area contributed by atoms with Crippen molar-refractivity contribution in [3.63, 3.8) is 0 Å². The summed E-state index contributed by atoms with van der Waals surface area (Å²) in [7, 11) is 1.45. The van der Waals surface area contributed by atoms with Gasteiger partial charge in [0, 0.05) is 19.4 Å². The van der Waals surface area contributed by atoms with Crippen molar-refractivity contribution >= 4 is 12.0 Å². The molecule has 2 rings (SSSR count). The van der Waals surface area contributed by atoms with Crippen LogP contribution in [0.25, 0.3) is 0 Å². The van der Waals surface area contributed by atoms with E-state index in [0.29, 0.717) is 12.2 Å². The number of alkyl halides is 3. The molecule has 9 heteroatoms. The van der Waals surface area contributed by atoms with Crippen molar-refractivity contribution < 1.29 is 32.2 Å². The van der Waals surface area contributed by atoms with Crippen LogP contribution in [0.5, 0.6) is 0 Å². The molecule has 0 bridgehead atoms. The van der Waals surface area contributed by atoms with Gasteiger partial charge in [0.05, 0.1) is 23.8 Å². The number of nitrogens with zero attached hydrogens (tertiary/aromatic N) is 1. The van der Waals surface area contributed by atoms with E-state index in [1.807, 2.05) is 0 Å². The molecule has 2 amide bonds. The number of halogens is 3. The molecule has 1 atom stereocenters. The van der Waals surface area contributed by atoms with Gasteiger partial charge in [0.15, 0.2) is 0 Å². The monoisotopic (exact) mass is 386 g/mol. The Kier molecular flexibility index (Phi) is 6.48. The Balaban J connectivity index is 2.47. The first-order chi connectivity index (χ1) is 12.7. The zero-order valence-corrected chi connectivity index (χ0v) is 15.2. The molecule has 0 spiro atoms. The fraction of sp³-hybridized carbons (Fsp3) is 0.444. The molecule has 1 heterocycles. The molecule has 0 aliphatic carbocycles. The summed E-state index contributed by atoms with van der Waals surface area (Å²) < 4.78 is 49.1. The number of allylic oxidation sites excluding steroid dienone is 1. The van der Waals surface area contributed by atoms with Crippen molar-refractivity contribution in [1.29, 1.82) is 0 Å². The molecule has 1 aliphatic rings. The zero-order valence-electron chi connectivity index (χ0n) is 15.2. The third-order valence-corrected chi connectivity index (χ3v) is 4.20. The van der Waals surface area contributed by atoms with Crippen LogP contribution in [-0.2, 0) is 20.4 Å². The van der Waals surface area contributed by atoms with Gasteiger partial charge in [-0.3, -0.25) is 4.90 Å². The van der Waals surface area contributed by atoms with Crippen LogP contribution in [0.2, 0.25) is 0 Å². The van der Waals surface area contributed by atoms with Crippen LogP contribution in [0.1, 0.15) is 31.0 Å². The highest BCUT2D eigenvalue weighted by atomic mass is 19.4. The van der Waals surface area contributed by atoms with Gasteiger partial charge >= 0.3 is 18.2 Å². The number of carbonyl (C=O) groups excluding carboxylic acids is 2. The maximum Gasteiger partial charge on any atom is 0.416 e. The van der Waals surface area contributed by atoms with Crippen LogP contribution in [-0.4, -0.2) is 43.8 Å². The van der Waals surface area contributed by atoms with Crippen molar-refractivity contribution in [1.82, 2.24) is 10.2 Å². The minimum Gasteiger partial charge on any atom is -0.460 e. The topological polar surface area (TPSA) is 67.9 Å². The van der Waals surface area contributed by atoms with Crippen molar-refractivity contribution in [2.24, 2.45) is 0 Å². The van der Waals surface area contributed by atoms with E-state index in [4.69, 9.17) is 9.47 Å². The van der Waals surface area contributed by atoms with Crippen LogP contribution in [0.4, 0.5) is 18.0 Å². The standard InChI is InChI=1S/C18H21F3N2O4/c1-4-23-11(2)14(16(24)27-9-8-26-3)15(22-17(23)25)12-6-5-7-13(10-12)18(19,20)21/h5-7,10,15H,4,8-9H2,1-3H3,(H,22,25)/t15-/m1/s1. The number of methoxy groups -OCH3 is 1. The van der Waals surface area contributed by atoms with E-state index in [-0.39, 0.29) is 24.4 Å². The third kappa shape index (κ3) is 4.60. The van der Waals surface area contributed by atoms with E-state index in [1.54, 1.807) is 13.8 Å². The predicted octanol–water partition coefficient (Wildman–Crippen LogP) is 3.26. The smallest absolute Gasteiger partial charge is 0.416 e. The van der Waals surface area contributed by atoms with E-state index < -0.39 is 29.8 Å². The van der Waals surface area contributed by atoms with Gasteiger partial charge in [0.2, 0.25) is 0 Å². The second-order valence-corrected chi connectivity index (χ2v) is 5.88. The second-order valence-electron chi connectivity index (χ2n) is 5.88. The van der Waals surface area contributed by atoms with Gasteiger partial charge in [-0.05, 0) is 31.5 Å². The second kappa shape index (κ2) is 8.43. The van der Waals surface area contributed by atoms with Crippen molar-refractivity contribution in [2.75, 3.05) is 26.9 Å². The molecule has 0 saturated carbocycles. The SMILES string of the molecule is CCN1C(=O)N[C@H](c2cccc(C(F)(F)F)c2)C(C(=O)OCCOC)=C1C. The first-order valence-corrected chi connectivity index (χ1v) is 8.32. The van der Waals surface area contributed by atoms with Gasteiger partial charge in [-0.15, -0.1) is 0 Å². The minimum atomic E-state index is -4.54. The van der Waals surface area contributed by atoms with Crippen LogP contribution < -0.4 is 5.32 Å². The Hall–Kier alpha value is -2.55. The van der Waals surface area contributed by atoms with Gasteiger partial charge in [0.1, 0.15) is 6.61 Å². The molecule has 0 unspecified atom stereocenters. The Morgan fingerprint density at radius 2 is 2.00 bits per heavy atom. The number of rotatable bonds is 6. The average molecular weight is 386 g/mol. The van der Waals surface area contributed by atoms with E-state index >= 15 is 0 Å². The van der Waals surface area contributed by atoms with Gasteiger partial charge in [-0.2, -0.15) is 13.2 Å². The first kappa shape index (κ1) is 20.8. The summed E-state index contributed by atoms with van der Waals surface area (Å²) in [6.45, 7) is 3.75. The first-order valence-electron chi connectivity index (χ1n) is 8.32. The minimum absolute atomic E-state index is 0.0124. The van der Waals surface area contributed by atoms with Gasteiger partial charge in [0.25, 0.3) is 0 Å². The number of ether oxygens (including phenoxy) is 2. The van der Waals surface area contributed by atoms with Crippen LogP contribution in [0, 0.1) is 0 Å². The molecule has 1 aromatic rings. The molecule has 1 aromatic carbocycles. The molecule has 27 heavy (non-hydrogen) atoms. The van der Waals surface area contributed by atoms with Crippen LogP contribution >= 0.6 is 0 Å². The fourth-order valence-electron chi connectivity index (χ4n) is 2.87. The molecule has 148 valence electrons. The fourth-order valence-corrected chi connectivity index (χ4v) is 2.87. The van der Waals surface area contributed by atoms with Crippen molar-refractivity contribution in [3.8, 4) is 0 Å². The van der Waals surface area contributed by atoms with Crippen LogP contribution in [0.3, 0.4) is 0 Å². The largest absolute Gasteiger partial charge is 0.460 e. The number of amides is 2. The zero-order chi connectivity index (χ0) is 20.2. The van der Waals surface area contributed by atoms with Gasteiger partial charge in [-0.1, -0.05) is 12.1 Å². The summed E-state index contributed by atoms with van der Waals surface area (Å²) in [5.41, 5.74) is -0.290. The molecule has 6 nitrogen and oxygen atoms in total. The quantitative estimate of drug-likeness (QED) is 0.602. The molecule has 0 fully saturated rings. The number of hydrogen-bond donors (Lipinski definition) is 1. The number of nitrogens with one attached hydrogen (secondary N) is 1. The number of urea groups is 1. The number of benzene rings is 1. The highest BCUT2D eigenvalue weighted by Gasteiger charge is 2.37. The molecule has 0 saturated heterocycles. The van der Waals surface area contributed by atoms with E-state index in [2.05, 4.69) is 5.32 Å². The summed E-state index contributed by atoms with van der Waals surface area (Å²) in [6.07, 6.45) is -4.54. The molecular formula is C18H21F3N2O4. The molecule has 0 aromatic heterocycles. The number of esters is 1. The average Bonchev–Trinajstić information content (AvgIpc) is 2.61. The summed E-state index contributed by atoms with van der Waals surface area (Å²) in [5.74, 6) is -0.717. The predicted molar refractivity (Wildman–Crippen MR) is 90.6 cm³/mol. The Morgan fingerprint density at radius 1 is 1.30 bits per heavy atom. The Bertz CT molecular complexity index is 746. The third-order valence-electron chi connectivity index (χ3n) is 4.20. The molecule has 1 aliphatic heterocycles. The maximum absolute atomic E-state index is 13.1. The summed E-state index contributed by atoms with van der Waals surface area (Å²) in [6, 6.07) is 2.97.